The molecule has 0 heterocycles. The Morgan fingerprint density at radius 1 is 1.58 bits per heavy atom. The summed E-state index contributed by atoms with van der Waals surface area (Å²) in [6.45, 7) is 0. The molecule has 4 heteroatoms. The topological polar surface area (TPSA) is 79.3 Å². The third-order valence-corrected chi connectivity index (χ3v) is 1.48. The Hall–Kier alpha value is -1.71. The molecule has 0 saturated heterocycles. The zero-order chi connectivity index (χ0) is 9.14. The van der Waals surface area contributed by atoms with Gasteiger partial charge in [-0.2, -0.15) is 0 Å². The Kier molecular flexibility index (Phi) is 2.19. The molecule has 1 rings (SSSR count). The molecule has 64 valence electrons. The minimum atomic E-state index is -0.0770. The molecule has 0 aliphatic carbocycles. The van der Waals surface area contributed by atoms with Gasteiger partial charge in [0.15, 0.2) is 0 Å². The summed E-state index contributed by atoms with van der Waals surface area (Å²) < 4.78 is 4.91. The smallest absolute Gasteiger partial charge is 0.133 e. The van der Waals surface area contributed by atoms with Gasteiger partial charge in [-0.1, -0.05) is 0 Å². The number of rotatable bonds is 2. The molecule has 4 nitrogen and oxygen atoms in total. The summed E-state index contributed by atoms with van der Waals surface area (Å²) in [4.78, 5) is 0. The van der Waals surface area contributed by atoms with E-state index in [0.717, 1.165) is 0 Å². The largest absolute Gasteiger partial charge is 0.508 e. The van der Waals surface area contributed by atoms with Crippen LogP contribution in [0.1, 0.15) is 5.56 Å². The number of methoxy groups -OCH3 is 1. The van der Waals surface area contributed by atoms with Crippen molar-refractivity contribution >= 4 is 5.84 Å². The molecular weight excluding hydrogens is 156 g/mol. The highest BCUT2D eigenvalue weighted by Gasteiger charge is 2.05. The van der Waals surface area contributed by atoms with Crippen LogP contribution in [0.2, 0.25) is 0 Å². The normalized spacial score (nSPS) is 9.42. The molecule has 0 bridgehead atoms. The molecule has 12 heavy (non-hydrogen) atoms. The second kappa shape index (κ2) is 3.13. The summed E-state index contributed by atoms with van der Waals surface area (Å²) in [5.74, 6) is 0.422. The van der Waals surface area contributed by atoms with Gasteiger partial charge in [0.25, 0.3) is 0 Å². The summed E-state index contributed by atoms with van der Waals surface area (Å²) in [7, 11) is 1.46. The number of hydrogen-bond donors (Lipinski definition) is 3. The first kappa shape index (κ1) is 8.39. The second-order valence-electron chi connectivity index (χ2n) is 2.30. The zero-order valence-corrected chi connectivity index (χ0v) is 6.66. The van der Waals surface area contributed by atoms with Crippen LogP contribution in [0, 0.1) is 5.41 Å². The Bertz CT molecular complexity index is 310. The van der Waals surface area contributed by atoms with Crippen molar-refractivity contribution in [1.82, 2.24) is 0 Å². The van der Waals surface area contributed by atoms with E-state index in [4.69, 9.17) is 21.0 Å². The number of phenols is 1. The molecule has 1 aromatic carbocycles. The molecule has 0 atom stereocenters. The third kappa shape index (κ3) is 1.47. The second-order valence-corrected chi connectivity index (χ2v) is 2.30. The van der Waals surface area contributed by atoms with Crippen molar-refractivity contribution in [3.8, 4) is 11.5 Å². The molecule has 0 aromatic heterocycles. The molecule has 0 unspecified atom stereocenters. The van der Waals surface area contributed by atoms with E-state index in [1.807, 2.05) is 0 Å². The summed E-state index contributed by atoms with van der Waals surface area (Å²) in [5.41, 5.74) is 5.74. The minimum absolute atomic E-state index is 0.0770. The number of ether oxygens (including phenoxy) is 1. The summed E-state index contributed by atoms with van der Waals surface area (Å²) in [5, 5.41) is 16.2. The molecule has 0 aliphatic heterocycles. The average molecular weight is 166 g/mol. The van der Waals surface area contributed by atoms with Gasteiger partial charge in [0.05, 0.1) is 12.7 Å². The van der Waals surface area contributed by atoms with Crippen LogP contribution in [0.4, 0.5) is 0 Å². The Balaban J connectivity index is 3.20. The maximum atomic E-state index is 9.06. The molecule has 0 spiro atoms. The van der Waals surface area contributed by atoms with Gasteiger partial charge in [0, 0.05) is 6.07 Å². The van der Waals surface area contributed by atoms with Crippen molar-refractivity contribution < 1.29 is 9.84 Å². The van der Waals surface area contributed by atoms with Crippen LogP contribution in [0.5, 0.6) is 11.5 Å². The first-order chi connectivity index (χ1) is 5.65. The zero-order valence-electron chi connectivity index (χ0n) is 6.66. The highest BCUT2D eigenvalue weighted by Crippen LogP contribution is 2.22. The number of phenolic OH excluding ortho intramolecular Hbond substituents is 1. The van der Waals surface area contributed by atoms with Gasteiger partial charge in [-0.25, -0.2) is 0 Å². The van der Waals surface area contributed by atoms with E-state index in [-0.39, 0.29) is 11.6 Å². The maximum absolute atomic E-state index is 9.06. The lowest BCUT2D eigenvalue weighted by atomic mass is 10.2. The van der Waals surface area contributed by atoms with Crippen molar-refractivity contribution in [3.63, 3.8) is 0 Å². The van der Waals surface area contributed by atoms with Crippen LogP contribution in [0.3, 0.4) is 0 Å². The van der Waals surface area contributed by atoms with Crippen molar-refractivity contribution in [2.24, 2.45) is 5.73 Å². The number of nitrogens with one attached hydrogen (secondary N) is 1. The van der Waals surface area contributed by atoms with Crippen LogP contribution in [-0.2, 0) is 0 Å². The van der Waals surface area contributed by atoms with E-state index < -0.39 is 0 Å². The van der Waals surface area contributed by atoms with Gasteiger partial charge in [0.1, 0.15) is 17.3 Å². The van der Waals surface area contributed by atoms with Crippen molar-refractivity contribution in [2.45, 2.75) is 0 Å². The first-order valence-corrected chi connectivity index (χ1v) is 3.36. The summed E-state index contributed by atoms with van der Waals surface area (Å²) >= 11 is 0. The number of nitrogens with two attached hydrogens (primary N) is 1. The molecule has 0 amide bonds. The third-order valence-electron chi connectivity index (χ3n) is 1.48. The van der Waals surface area contributed by atoms with Crippen molar-refractivity contribution in [3.05, 3.63) is 23.8 Å². The lowest BCUT2D eigenvalue weighted by molar-refractivity contribution is 0.407. The molecule has 0 aliphatic rings. The number of aromatic hydroxyl groups is 1. The quantitative estimate of drug-likeness (QED) is 0.446. The molecule has 0 radical (unpaired) electrons. The monoisotopic (exact) mass is 166 g/mol. The van der Waals surface area contributed by atoms with Crippen molar-refractivity contribution in [1.29, 1.82) is 5.41 Å². The lowest BCUT2D eigenvalue weighted by Gasteiger charge is -2.06. The number of hydrogen-bond acceptors (Lipinski definition) is 3. The van der Waals surface area contributed by atoms with E-state index in [9.17, 15) is 0 Å². The standard InChI is InChI=1S/C8H10N2O2/c1-12-7-4-5(11)2-3-6(7)8(9)10/h2-4,11H,1H3,(H3,9,10). The fraction of sp³-hybridized carbons (Fsp3) is 0.125. The molecule has 1 aromatic rings. The Morgan fingerprint density at radius 3 is 2.75 bits per heavy atom. The summed E-state index contributed by atoms with van der Waals surface area (Å²) in [6, 6.07) is 4.41. The Morgan fingerprint density at radius 2 is 2.25 bits per heavy atom. The molecule has 4 N–H and O–H groups in total. The lowest BCUT2D eigenvalue weighted by Crippen LogP contribution is -2.12. The predicted molar refractivity (Wildman–Crippen MR) is 45.7 cm³/mol. The van der Waals surface area contributed by atoms with E-state index in [1.165, 1.54) is 25.3 Å². The van der Waals surface area contributed by atoms with Crippen LogP contribution >= 0.6 is 0 Å². The highest BCUT2D eigenvalue weighted by atomic mass is 16.5. The SMILES string of the molecule is COc1cc(O)ccc1C(=N)N. The van der Waals surface area contributed by atoms with Gasteiger partial charge >= 0.3 is 0 Å². The maximum Gasteiger partial charge on any atom is 0.133 e. The van der Waals surface area contributed by atoms with Gasteiger partial charge in [-0.15, -0.1) is 0 Å². The fourth-order valence-corrected chi connectivity index (χ4v) is 0.902. The fourth-order valence-electron chi connectivity index (χ4n) is 0.902. The average Bonchev–Trinajstić information content (AvgIpc) is 2.03. The van der Waals surface area contributed by atoms with Crippen molar-refractivity contribution in [2.75, 3.05) is 7.11 Å². The van der Waals surface area contributed by atoms with Crippen LogP contribution < -0.4 is 10.5 Å². The Labute approximate surface area is 70.1 Å². The van der Waals surface area contributed by atoms with Gasteiger partial charge in [-0.3, -0.25) is 5.41 Å². The molecule has 0 saturated carbocycles. The van der Waals surface area contributed by atoms with E-state index in [0.29, 0.717) is 11.3 Å². The van der Waals surface area contributed by atoms with Gasteiger partial charge in [0.2, 0.25) is 0 Å². The van der Waals surface area contributed by atoms with E-state index >= 15 is 0 Å². The highest BCUT2D eigenvalue weighted by molar-refractivity contribution is 5.97. The van der Waals surface area contributed by atoms with Gasteiger partial charge in [-0.05, 0) is 12.1 Å². The van der Waals surface area contributed by atoms with E-state index in [2.05, 4.69) is 0 Å². The molecular formula is C8H10N2O2. The number of nitrogen functional groups attached to an aromatic ring is 1. The minimum Gasteiger partial charge on any atom is -0.508 e. The summed E-state index contributed by atoms with van der Waals surface area (Å²) in [6.07, 6.45) is 0. The van der Waals surface area contributed by atoms with Crippen LogP contribution in [-0.4, -0.2) is 18.1 Å². The predicted octanol–water partition coefficient (Wildman–Crippen LogP) is 0.685. The van der Waals surface area contributed by atoms with Crippen LogP contribution in [0.25, 0.3) is 0 Å². The first-order valence-electron chi connectivity index (χ1n) is 3.36. The van der Waals surface area contributed by atoms with Crippen LogP contribution in [0.15, 0.2) is 18.2 Å². The number of amidine groups is 1. The molecule has 0 fully saturated rings. The number of benzene rings is 1. The van der Waals surface area contributed by atoms with E-state index in [1.54, 1.807) is 0 Å². The van der Waals surface area contributed by atoms with Gasteiger partial charge < -0.3 is 15.6 Å².